The molecule has 0 fully saturated rings. The van der Waals surface area contributed by atoms with Gasteiger partial charge in [-0.05, 0) is 143 Å². The Labute approximate surface area is 433 Å². The van der Waals surface area contributed by atoms with Crippen LogP contribution in [0.3, 0.4) is 0 Å². The van der Waals surface area contributed by atoms with Crippen molar-refractivity contribution in [3.8, 4) is 44.9 Å². The molecule has 0 spiro atoms. The van der Waals surface area contributed by atoms with Crippen LogP contribution in [0.1, 0.15) is 49.1 Å². The molecule has 5 aliphatic rings. The maximum atomic E-state index is 7.09. The molecule has 3 atom stereocenters. The number of nitrogens with zero attached hydrogens (tertiary/aromatic N) is 2. The molecule has 4 nitrogen and oxygen atoms in total. The zero-order valence-corrected chi connectivity index (χ0v) is 41.1. The fourth-order valence-corrected chi connectivity index (χ4v) is 12.2. The van der Waals surface area contributed by atoms with E-state index in [-0.39, 0.29) is 18.1 Å². The molecule has 2 heterocycles. The molecule has 9 aromatic rings. The summed E-state index contributed by atoms with van der Waals surface area (Å²) in [5.74, 6) is 2.90. The van der Waals surface area contributed by atoms with Crippen molar-refractivity contribution in [1.29, 1.82) is 0 Å². The monoisotopic (exact) mass is 954 g/mol. The number of ether oxygens (including phenoxy) is 2. The van der Waals surface area contributed by atoms with Gasteiger partial charge in [-0.1, -0.05) is 176 Å². The Morgan fingerprint density at radius 2 is 1.16 bits per heavy atom. The molecule has 74 heavy (non-hydrogen) atoms. The highest BCUT2D eigenvalue weighted by atomic mass is 16.5. The highest BCUT2D eigenvalue weighted by Crippen LogP contribution is 2.53. The summed E-state index contributed by atoms with van der Waals surface area (Å²) in [5, 5.41) is 2.24. The summed E-state index contributed by atoms with van der Waals surface area (Å²) >= 11 is 0. The first kappa shape index (κ1) is 43.9. The molecule has 2 aliphatic heterocycles. The van der Waals surface area contributed by atoms with Crippen LogP contribution in [-0.2, 0) is 4.74 Å². The molecule has 3 aliphatic carbocycles. The summed E-state index contributed by atoms with van der Waals surface area (Å²) in [5.41, 5.74) is 19.3. The van der Waals surface area contributed by atoms with E-state index in [0.717, 1.165) is 88.4 Å². The van der Waals surface area contributed by atoms with Crippen LogP contribution in [0.4, 0.5) is 28.4 Å². The Kier molecular flexibility index (Phi) is 11.1. The topological polar surface area (TPSA) is 24.9 Å². The third-order valence-corrected chi connectivity index (χ3v) is 15.8. The second-order valence-electron chi connectivity index (χ2n) is 20.1. The van der Waals surface area contributed by atoms with E-state index in [4.69, 9.17) is 9.47 Å². The minimum atomic E-state index is -0.00765. The van der Waals surface area contributed by atoms with Crippen molar-refractivity contribution in [3.63, 3.8) is 0 Å². The first-order valence-electron chi connectivity index (χ1n) is 26.3. The van der Waals surface area contributed by atoms with Gasteiger partial charge in [0.25, 0.3) is 0 Å². The van der Waals surface area contributed by atoms with Crippen LogP contribution < -0.4 is 14.5 Å². The maximum Gasteiger partial charge on any atom is 0.137 e. The number of hydrogen-bond acceptors (Lipinski definition) is 4. The van der Waals surface area contributed by atoms with E-state index in [0.29, 0.717) is 0 Å². The second kappa shape index (κ2) is 18.6. The summed E-state index contributed by atoms with van der Waals surface area (Å²) in [6.45, 7) is 0. The lowest BCUT2D eigenvalue weighted by molar-refractivity contribution is 0.162. The van der Waals surface area contributed by atoms with Gasteiger partial charge in [0.2, 0.25) is 0 Å². The Bertz CT molecular complexity index is 3740. The number of hydrogen-bond donors (Lipinski definition) is 0. The average Bonchev–Trinajstić information content (AvgIpc) is 3.86. The van der Waals surface area contributed by atoms with E-state index in [1.807, 2.05) is 0 Å². The summed E-state index contributed by atoms with van der Waals surface area (Å²) in [7, 11) is 0. The highest BCUT2D eigenvalue weighted by Gasteiger charge is 2.37. The van der Waals surface area contributed by atoms with Gasteiger partial charge in [-0.2, -0.15) is 0 Å². The second-order valence-corrected chi connectivity index (χ2v) is 20.1. The van der Waals surface area contributed by atoms with Crippen molar-refractivity contribution >= 4 is 44.8 Å². The smallest absolute Gasteiger partial charge is 0.137 e. The molecule has 0 bridgehead atoms. The predicted octanol–water partition coefficient (Wildman–Crippen LogP) is 18.8. The van der Waals surface area contributed by atoms with Crippen molar-refractivity contribution in [3.05, 3.63) is 277 Å². The SMILES string of the molecule is C1=CC(c2ccc(N(c3ccc(-c4ccccc4)cc3)c3ccc4c5c(cccc35)-c3ccc(N(c5ccc(-c6ccccc6)cc5)C5CC=C(c6ccccc6)CC5)cc3O4)cc2)C2OC3=C(CCC=C3)C2=C1. The van der Waals surface area contributed by atoms with Crippen LogP contribution in [0.2, 0.25) is 0 Å². The first-order valence-corrected chi connectivity index (χ1v) is 26.3. The fourth-order valence-electron chi connectivity index (χ4n) is 12.2. The lowest BCUT2D eigenvalue weighted by Gasteiger charge is -2.36. The lowest BCUT2D eigenvalue weighted by Crippen LogP contribution is -2.32. The van der Waals surface area contributed by atoms with Gasteiger partial charge in [0.15, 0.2) is 0 Å². The van der Waals surface area contributed by atoms with Crippen LogP contribution in [0.15, 0.2) is 266 Å². The number of fused-ring (bicyclic) bond motifs is 4. The summed E-state index contributed by atoms with van der Waals surface area (Å²) in [4.78, 5) is 4.95. The Morgan fingerprint density at radius 1 is 0.514 bits per heavy atom. The normalized spacial score (nSPS) is 18.1. The Morgan fingerprint density at radius 3 is 1.85 bits per heavy atom. The number of allylic oxidation sites excluding steroid dienone is 5. The van der Waals surface area contributed by atoms with E-state index in [2.05, 4.69) is 259 Å². The first-order chi connectivity index (χ1) is 36.7. The summed E-state index contributed by atoms with van der Waals surface area (Å²) < 4.78 is 13.8. The average molecular weight is 955 g/mol. The van der Waals surface area contributed by atoms with Crippen LogP contribution in [0.25, 0.3) is 49.7 Å². The molecule has 0 saturated carbocycles. The van der Waals surface area contributed by atoms with Crippen molar-refractivity contribution in [2.75, 3.05) is 9.80 Å². The van der Waals surface area contributed by atoms with Gasteiger partial charge >= 0.3 is 0 Å². The molecule has 356 valence electrons. The van der Waals surface area contributed by atoms with Gasteiger partial charge < -0.3 is 19.3 Å². The van der Waals surface area contributed by atoms with Crippen molar-refractivity contribution < 1.29 is 9.47 Å². The number of rotatable bonds is 10. The quantitative estimate of drug-likeness (QED) is 0.136. The molecule has 4 heteroatoms. The van der Waals surface area contributed by atoms with Crippen LogP contribution in [0, 0.1) is 0 Å². The van der Waals surface area contributed by atoms with Gasteiger partial charge in [0.05, 0.1) is 5.69 Å². The summed E-state index contributed by atoms with van der Waals surface area (Å²) in [6.07, 6.45) is 18.7. The van der Waals surface area contributed by atoms with E-state index in [1.54, 1.807) is 0 Å². The highest BCUT2D eigenvalue weighted by molar-refractivity contribution is 6.11. The third kappa shape index (κ3) is 7.86. The molecule has 0 radical (unpaired) electrons. The van der Waals surface area contributed by atoms with Gasteiger partial charge in [0, 0.05) is 68.3 Å². The number of benzene rings is 9. The zero-order valence-electron chi connectivity index (χ0n) is 41.1. The zero-order chi connectivity index (χ0) is 49.0. The minimum absolute atomic E-state index is 0.00765. The molecule has 0 amide bonds. The van der Waals surface area contributed by atoms with Crippen molar-refractivity contribution in [2.45, 2.75) is 50.2 Å². The van der Waals surface area contributed by atoms with Crippen LogP contribution >= 0.6 is 0 Å². The van der Waals surface area contributed by atoms with E-state index >= 15 is 0 Å². The standard InChI is InChI=1S/C70H54N2O2/c1-4-14-47(15-5-1)50-26-34-54(35-27-50)71(55-36-28-51(29-37-55)48-16-6-2-7-17-48)58-42-43-61-62-22-13-24-64-65(44-45-67(69(62)64)73-68(61)46-58)72(56-38-30-52(31-39-56)49-18-8-3-9-19-49)57-40-32-53(33-41-57)59-21-12-23-63-60-20-10-11-25-66(60)74-70(59)63/h1-9,11-19,21-28,30-35,38-46,55,59,70H,10,20,29,36-37H2. The predicted molar refractivity (Wildman–Crippen MR) is 306 cm³/mol. The van der Waals surface area contributed by atoms with Crippen molar-refractivity contribution in [1.82, 2.24) is 0 Å². The Balaban J connectivity index is 0.830. The Hall–Kier alpha value is -8.86. The molecule has 3 unspecified atom stereocenters. The van der Waals surface area contributed by atoms with Gasteiger partial charge in [-0.3, -0.25) is 0 Å². The molecule has 9 aromatic carbocycles. The van der Waals surface area contributed by atoms with Crippen LogP contribution in [-0.4, -0.2) is 12.1 Å². The molecular formula is C70H54N2O2. The molecular weight excluding hydrogens is 901 g/mol. The number of anilines is 5. The largest absolute Gasteiger partial charge is 0.484 e. The van der Waals surface area contributed by atoms with Gasteiger partial charge in [0.1, 0.15) is 23.4 Å². The van der Waals surface area contributed by atoms with Gasteiger partial charge in [-0.25, -0.2) is 0 Å². The molecule has 0 saturated heterocycles. The van der Waals surface area contributed by atoms with E-state index in [1.165, 1.54) is 61.4 Å². The fraction of sp³-hybridized carbons (Fsp3) is 0.114. The third-order valence-electron chi connectivity index (χ3n) is 15.8. The van der Waals surface area contributed by atoms with E-state index in [9.17, 15) is 0 Å². The lowest BCUT2D eigenvalue weighted by atomic mass is 9.82. The molecule has 0 aromatic heterocycles. The van der Waals surface area contributed by atoms with Gasteiger partial charge in [-0.15, -0.1) is 0 Å². The van der Waals surface area contributed by atoms with Crippen molar-refractivity contribution in [2.24, 2.45) is 0 Å². The van der Waals surface area contributed by atoms with E-state index < -0.39 is 0 Å². The van der Waals surface area contributed by atoms with Crippen LogP contribution in [0.5, 0.6) is 11.5 Å². The maximum absolute atomic E-state index is 7.09. The molecule has 14 rings (SSSR count). The summed E-state index contributed by atoms with van der Waals surface area (Å²) in [6, 6.07) is 77.6. The minimum Gasteiger partial charge on any atom is -0.484 e. The molecule has 0 N–H and O–H groups in total.